The van der Waals surface area contributed by atoms with E-state index in [4.69, 9.17) is 14.2 Å². The highest BCUT2D eigenvalue weighted by molar-refractivity contribution is 9.10. The Balaban J connectivity index is 1.69. The van der Waals surface area contributed by atoms with Gasteiger partial charge in [0.1, 0.15) is 12.4 Å². The summed E-state index contributed by atoms with van der Waals surface area (Å²) < 4.78 is 19.4. The fourth-order valence-electron chi connectivity index (χ4n) is 3.78. The van der Waals surface area contributed by atoms with Crippen LogP contribution in [0.4, 0.5) is 0 Å². The molecule has 0 atom stereocenters. The second-order valence-corrected chi connectivity index (χ2v) is 9.25. The third-order valence-corrected chi connectivity index (χ3v) is 6.15. The van der Waals surface area contributed by atoms with E-state index in [1.54, 1.807) is 38.6 Å². The van der Waals surface area contributed by atoms with Crippen molar-refractivity contribution in [2.45, 2.75) is 33.3 Å². The number of hydrogen-bond acceptors (Lipinski definition) is 6. The van der Waals surface area contributed by atoms with Gasteiger partial charge in [-0.25, -0.2) is 4.98 Å². The molecule has 8 heteroatoms. The van der Waals surface area contributed by atoms with Crippen LogP contribution in [0.25, 0.3) is 10.9 Å². The Bertz CT molecular complexity index is 1440. The van der Waals surface area contributed by atoms with Gasteiger partial charge in [0, 0.05) is 16.5 Å². The zero-order valence-corrected chi connectivity index (χ0v) is 22.3. The van der Waals surface area contributed by atoms with Gasteiger partial charge in [0.2, 0.25) is 5.75 Å². The molecule has 4 rings (SSSR count). The van der Waals surface area contributed by atoms with Crippen molar-refractivity contribution in [2.24, 2.45) is 5.10 Å². The Labute approximate surface area is 218 Å². The molecule has 0 saturated carbocycles. The molecule has 186 valence electrons. The third kappa shape index (κ3) is 5.60. The molecule has 0 radical (unpaired) electrons. The van der Waals surface area contributed by atoms with Crippen LogP contribution in [-0.4, -0.2) is 30.1 Å². The maximum atomic E-state index is 13.3. The first-order valence-electron chi connectivity index (χ1n) is 11.6. The van der Waals surface area contributed by atoms with Gasteiger partial charge >= 0.3 is 0 Å². The molecule has 0 saturated heterocycles. The van der Waals surface area contributed by atoms with E-state index >= 15 is 0 Å². The van der Waals surface area contributed by atoms with Gasteiger partial charge in [-0.2, -0.15) is 9.78 Å². The lowest BCUT2D eigenvalue weighted by atomic mass is 10.1. The van der Waals surface area contributed by atoms with E-state index < -0.39 is 0 Å². The van der Waals surface area contributed by atoms with Crippen molar-refractivity contribution in [3.8, 4) is 17.2 Å². The number of methoxy groups -OCH3 is 2. The van der Waals surface area contributed by atoms with E-state index in [2.05, 4.69) is 26.0 Å². The molecule has 1 aromatic heterocycles. The molecule has 0 spiro atoms. The monoisotopic (exact) mass is 549 g/mol. The number of fused-ring (bicyclic) bond motifs is 1. The lowest BCUT2D eigenvalue weighted by Crippen LogP contribution is -2.22. The highest BCUT2D eigenvalue weighted by Gasteiger charge is 2.15. The Morgan fingerprint density at radius 3 is 2.36 bits per heavy atom. The van der Waals surface area contributed by atoms with Gasteiger partial charge in [-0.15, -0.1) is 0 Å². The van der Waals surface area contributed by atoms with Crippen molar-refractivity contribution in [1.29, 1.82) is 0 Å². The van der Waals surface area contributed by atoms with Crippen molar-refractivity contribution in [3.05, 3.63) is 91.9 Å². The average Bonchev–Trinajstić information content (AvgIpc) is 2.88. The van der Waals surface area contributed by atoms with Crippen molar-refractivity contribution >= 4 is 33.0 Å². The Morgan fingerprint density at radius 2 is 1.72 bits per heavy atom. The molecule has 0 N–H and O–H groups in total. The molecule has 0 aliphatic carbocycles. The van der Waals surface area contributed by atoms with Crippen molar-refractivity contribution in [1.82, 2.24) is 9.66 Å². The van der Waals surface area contributed by atoms with Crippen molar-refractivity contribution in [2.75, 3.05) is 14.2 Å². The lowest BCUT2D eigenvalue weighted by molar-refractivity contribution is 0.266. The normalized spacial score (nSPS) is 11.2. The van der Waals surface area contributed by atoms with Crippen LogP contribution in [0.2, 0.25) is 0 Å². The van der Waals surface area contributed by atoms with Crippen LogP contribution in [0.15, 0.2) is 69.0 Å². The van der Waals surface area contributed by atoms with Crippen LogP contribution in [0.3, 0.4) is 0 Å². The minimum Gasteiger partial charge on any atom is -0.493 e. The summed E-state index contributed by atoms with van der Waals surface area (Å²) in [6.07, 6.45) is 3.05. The van der Waals surface area contributed by atoms with E-state index in [0.29, 0.717) is 52.6 Å². The fraction of sp³-hybridized carbons (Fsp3) is 0.250. The predicted octanol–water partition coefficient (Wildman–Crippen LogP) is 5.90. The highest BCUT2D eigenvalue weighted by atomic mass is 79.9. The SMILES string of the molecule is CCCc1nc2ccc(Br)cc2c(=O)n1N=Cc1cc(OC)c(OCc2ccc(C)cc2)c(OC)c1. The summed E-state index contributed by atoms with van der Waals surface area (Å²) in [4.78, 5) is 17.9. The smallest absolute Gasteiger partial charge is 0.282 e. The number of benzene rings is 3. The summed E-state index contributed by atoms with van der Waals surface area (Å²) in [5.74, 6) is 2.11. The molecule has 3 aromatic carbocycles. The molecular weight excluding hydrogens is 522 g/mol. The number of ether oxygens (including phenoxy) is 3. The van der Waals surface area contributed by atoms with E-state index in [0.717, 1.165) is 16.5 Å². The molecule has 0 unspecified atom stereocenters. The second kappa shape index (κ2) is 11.4. The molecule has 0 fully saturated rings. The van der Waals surface area contributed by atoms with Gasteiger partial charge in [-0.3, -0.25) is 4.79 Å². The molecule has 7 nitrogen and oxygen atoms in total. The first-order chi connectivity index (χ1) is 17.4. The third-order valence-electron chi connectivity index (χ3n) is 5.66. The standard InChI is InChI=1S/C28H28BrN3O4/c1-5-6-26-31-23-12-11-21(29)15-22(23)28(33)32(26)30-16-20-13-24(34-3)27(25(14-20)35-4)36-17-19-9-7-18(2)8-10-19/h7-16H,5-6,17H2,1-4H3. The number of rotatable bonds is 9. The molecule has 0 bridgehead atoms. The summed E-state index contributed by atoms with van der Waals surface area (Å²) in [5.41, 5.74) is 3.34. The van der Waals surface area contributed by atoms with Gasteiger partial charge in [0.05, 0.1) is 31.3 Å². The van der Waals surface area contributed by atoms with Crippen molar-refractivity contribution < 1.29 is 14.2 Å². The van der Waals surface area contributed by atoms with Gasteiger partial charge < -0.3 is 14.2 Å². The van der Waals surface area contributed by atoms with E-state index in [-0.39, 0.29) is 5.56 Å². The van der Waals surface area contributed by atoms with Gasteiger partial charge in [0.15, 0.2) is 11.5 Å². The molecule has 0 aliphatic rings. The summed E-state index contributed by atoms with van der Waals surface area (Å²) in [6, 6.07) is 17.2. The number of halogens is 1. The maximum absolute atomic E-state index is 13.3. The number of aryl methyl sites for hydroxylation is 2. The molecular formula is C28H28BrN3O4. The zero-order chi connectivity index (χ0) is 25.7. The number of nitrogens with zero attached hydrogens (tertiary/aromatic N) is 3. The van der Waals surface area contributed by atoms with Crippen LogP contribution in [0.1, 0.15) is 35.9 Å². The molecule has 0 aliphatic heterocycles. The van der Waals surface area contributed by atoms with Gasteiger partial charge in [0.25, 0.3) is 5.56 Å². The predicted molar refractivity (Wildman–Crippen MR) is 146 cm³/mol. The van der Waals surface area contributed by atoms with Crippen LogP contribution in [-0.2, 0) is 13.0 Å². The molecule has 1 heterocycles. The summed E-state index contributed by atoms with van der Waals surface area (Å²) in [7, 11) is 3.15. The molecule has 36 heavy (non-hydrogen) atoms. The largest absolute Gasteiger partial charge is 0.493 e. The lowest BCUT2D eigenvalue weighted by Gasteiger charge is -2.15. The van der Waals surface area contributed by atoms with Crippen LogP contribution >= 0.6 is 15.9 Å². The quantitative estimate of drug-likeness (QED) is 0.243. The van der Waals surface area contributed by atoms with Gasteiger partial charge in [-0.05, 0) is 49.2 Å². The Kier molecular flexibility index (Phi) is 8.05. The second-order valence-electron chi connectivity index (χ2n) is 8.33. The van der Waals surface area contributed by atoms with Crippen LogP contribution in [0, 0.1) is 6.92 Å². The molecule has 4 aromatic rings. The van der Waals surface area contributed by atoms with E-state index in [9.17, 15) is 4.79 Å². The highest BCUT2D eigenvalue weighted by Crippen LogP contribution is 2.38. The summed E-state index contributed by atoms with van der Waals surface area (Å²) in [5, 5.41) is 5.00. The van der Waals surface area contributed by atoms with E-state index in [1.165, 1.54) is 10.2 Å². The van der Waals surface area contributed by atoms with Crippen molar-refractivity contribution in [3.63, 3.8) is 0 Å². The minimum absolute atomic E-state index is 0.224. The molecule has 0 amide bonds. The minimum atomic E-state index is -0.224. The number of aromatic nitrogens is 2. The topological polar surface area (TPSA) is 74.9 Å². The summed E-state index contributed by atoms with van der Waals surface area (Å²) >= 11 is 3.43. The first-order valence-corrected chi connectivity index (χ1v) is 12.4. The van der Waals surface area contributed by atoms with E-state index in [1.807, 2.05) is 50.2 Å². The summed E-state index contributed by atoms with van der Waals surface area (Å²) in [6.45, 7) is 4.45. The fourth-order valence-corrected chi connectivity index (χ4v) is 4.14. The average molecular weight is 550 g/mol. The zero-order valence-electron chi connectivity index (χ0n) is 20.7. The Hall–Kier alpha value is -3.65. The van der Waals surface area contributed by atoms with Crippen LogP contribution in [0.5, 0.6) is 17.2 Å². The first kappa shape index (κ1) is 25.4. The maximum Gasteiger partial charge on any atom is 0.282 e. The Morgan fingerprint density at radius 1 is 1.03 bits per heavy atom. The van der Waals surface area contributed by atoms with Crippen LogP contribution < -0.4 is 19.8 Å². The number of hydrogen-bond donors (Lipinski definition) is 0. The van der Waals surface area contributed by atoms with Gasteiger partial charge in [-0.1, -0.05) is 52.7 Å².